The third-order valence-corrected chi connectivity index (χ3v) is 2.27. The monoisotopic (exact) mass is 285 g/mol. The third-order valence-electron chi connectivity index (χ3n) is 1.77. The number of carbonyl (C=O) groups is 1. The molecule has 1 N–H and O–H groups in total. The van der Waals surface area contributed by atoms with Crippen molar-refractivity contribution in [3.05, 3.63) is 32.7 Å². The zero-order valence-corrected chi connectivity index (χ0v) is 10.0. The highest BCUT2D eigenvalue weighted by Crippen LogP contribution is 2.31. The lowest BCUT2D eigenvalue weighted by Crippen LogP contribution is -2.24. The highest BCUT2D eigenvalue weighted by atomic mass is 35.5. The number of ether oxygens (including phenoxy) is 1. The van der Waals surface area contributed by atoms with Gasteiger partial charge in [0.25, 0.3) is 5.56 Å². The van der Waals surface area contributed by atoms with Gasteiger partial charge in [-0.15, -0.1) is 0 Å². The number of rotatable bonds is 3. The Morgan fingerprint density at radius 2 is 2.18 bits per heavy atom. The van der Waals surface area contributed by atoms with Crippen molar-refractivity contribution in [1.82, 2.24) is 4.98 Å². The highest BCUT2D eigenvalue weighted by Gasteiger charge is 2.31. The number of aromatic nitrogens is 1. The molecule has 1 heterocycles. The van der Waals surface area contributed by atoms with Crippen molar-refractivity contribution in [2.24, 2.45) is 0 Å². The van der Waals surface area contributed by atoms with E-state index in [2.05, 4.69) is 4.74 Å². The summed E-state index contributed by atoms with van der Waals surface area (Å²) in [5.74, 6) is -0.983. The molecule has 0 bridgehead atoms. The van der Waals surface area contributed by atoms with E-state index in [9.17, 15) is 18.4 Å². The Bertz CT molecular complexity index is 496. The van der Waals surface area contributed by atoms with Gasteiger partial charge < -0.3 is 9.72 Å². The molecular weight excluding hydrogens is 279 g/mol. The Hall–Kier alpha value is -1.14. The minimum Gasteiger partial charge on any atom is -0.462 e. The molecule has 0 unspecified atom stereocenters. The summed E-state index contributed by atoms with van der Waals surface area (Å²) < 4.78 is 30.0. The van der Waals surface area contributed by atoms with Crippen LogP contribution in [0.2, 0.25) is 5.02 Å². The van der Waals surface area contributed by atoms with Gasteiger partial charge in [0.05, 0.1) is 11.6 Å². The SMILES string of the molecule is CCOC(=O)c1c(Cl)cc(C(F)(F)Cl)[nH]c1=O. The quantitative estimate of drug-likeness (QED) is 0.686. The van der Waals surface area contributed by atoms with Crippen LogP contribution in [0.15, 0.2) is 10.9 Å². The fraction of sp³-hybridized carbons (Fsp3) is 0.333. The van der Waals surface area contributed by atoms with E-state index in [1.165, 1.54) is 6.92 Å². The fourth-order valence-corrected chi connectivity index (χ4v) is 1.45. The predicted octanol–water partition coefficient (Wildman–Crippen LogP) is 2.49. The van der Waals surface area contributed by atoms with Gasteiger partial charge in [-0.25, -0.2) is 4.79 Å². The molecule has 4 nitrogen and oxygen atoms in total. The fourth-order valence-electron chi connectivity index (χ4n) is 1.07. The van der Waals surface area contributed by atoms with Gasteiger partial charge in [0.1, 0.15) is 11.3 Å². The van der Waals surface area contributed by atoms with Gasteiger partial charge in [0.2, 0.25) is 0 Å². The molecule has 0 aliphatic heterocycles. The molecule has 0 saturated carbocycles. The van der Waals surface area contributed by atoms with Crippen LogP contribution in [0.25, 0.3) is 0 Å². The van der Waals surface area contributed by atoms with E-state index in [-0.39, 0.29) is 6.61 Å². The van der Waals surface area contributed by atoms with Crippen LogP contribution in [0.4, 0.5) is 8.78 Å². The largest absolute Gasteiger partial charge is 0.462 e. The number of aromatic amines is 1. The molecule has 1 aromatic heterocycles. The smallest absolute Gasteiger partial charge is 0.362 e. The molecule has 0 amide bonds. The normalized spacial score (nSPS) is 11.4. The molecule has 0 aliphatic rings. The lowest BCUT2D eigenvalue weighted by Gasteiger charge is -2.09. The summed E-state index contributed by atoms with van der Waals surface area (Å²) in [5.41, 5.74) is -2.49. The number of carbonyl (C=O) groups excluding carboxylic acids is 1. The first-order chi connectivity index (χ1) is 7.77. The maximum atomic E-state index is 12.7. The number of hydrogen-bond acceptors (Lipinski definition) is 3. The summed E-state index contributed by atoms with van der Waals surface area (Å²) in [4.78, 5) is 24.5. The number of halogens is 4. The van der Waals surface area contributed by atoms with E-state index in [0.717, 1.165) is 0 Å². The van der Waals surface area contributed by atoms with Gasteiger partial charge in [-0.3, -0.25) is 4.79 Å². The predicted molar refractivity (Wildman–Crippen MR) is 57.8 cm³/mol. The van der Waals surface area contributed by atoms with E-state index in [1.54, 1.807) is 4.98 Å². The lowest BCUT2D eigenvalue weighted by atomic mass is 10.2. The summed E-state index contributed by atoms with van der Waals surface area (Å²) in [6, 6.07) is 0.711. The average Bonchev–Trinajstić information content (AvgIpc) is 2.15. The minimum atomic E-state index is -3.77. The number of H-pyrrole nitrogens is 1. The van der Waals surface area contributed by atoms with Crippen molar-refractivity contribution < 1.29 is 18.3 Å². The van der Waals surface area contributed by atoms with Crippen molar-refractivity contribution >= 4 is 29.2 Å². The van der Waals surface area contributed by atoms with Crippen LogP contribution in [0.5, 0.6) is 0 Å². The van der Waals surface area contributed by atoms with Gasteiger partial charge in [-0.1, -0.05) is 11.6 Å². The molecule has 17 heavy (non-hydrogen) atoms. The zero-order chi connectivity index (χ0) is 13.2. The number of hydrogen-bond donors (Lipinski definition) is 1. The van der Waals surface area contributed by atoms with Crippen LogP contribution in [0.1, 0.15) is 23.0 Å². The van der Waals surface area contributed by atoms with Crippen molar-refractivity contribution in [3.8, 4) is 0 Å². The molecule has 1 rings (SSSR count). The third kappa shape index (κ3) is 3.17. The topological polar surface area (TPSA) is 59.2 Å². The van der Waals surface area contributed by atoms with Gasteiger partial charge >= 0.3 is 11.4 Å². The Morgan fingerprint density at radius 1 is 1.59 bits per heavy atom. The Morgan fingerprint density at radius 3 is 2.59 bits per heavy atom. The van der Waals surface area contributed by atoms with Crippen molar-refractivity contribution in [3.63, 3.8) is 0 Å². The summed E-state index contributed by atoms with van der Waals surface area (Å²) in [6.45, 7) is 1.56. The molecule has 0 saturated heterocycles. The van der Waals surface area contributed by atoms with E-state index in [4.69, 9.17) is 23.2 Å². The van der Waals surface area contributed by atoms with Crippen LogP contribution in [-0.2, 0) is 10.1 Å². The van der Waals surface area contributed by atoms with E-state index in [0.29, 0.717) is 6.07 Å². The number of esters is 1. The van der Waals surface area contributed by atoms with Crippen LogP contribution in [0.3, 0.4) is 0 Å². The first-order valence-electron chi connectivity index (χ1n) is 4.44. The van der Waals surface area contributed by atoms with Crippen LogP contribution < -0.4 is 5.56 Å². The number of nitrogens with one attached hydrogen (secondary N) is 1. The number of alkyl halides is 3. The molecule has 8 heteroatoms. The van der Waals surface area contributed by atoms with E-state index < -0.39 is 33.2 Å². The van der Waals surface area contributed by atoms with E-state index in [1.807, 2.05) is 0 Å². The van der Waals surface area contributed by atoms with Crippen LogP contribution in [-0.4, -0.2) is 17.6 Å². The maximum Gasteiger partial charge on any atom is 0.362 e. The van der Waals surface area contributed by atoms with Crippen molar-refractivity contribution in [1.29, 1.82) is 0 Å². The Labute approximate surface area is 104 Å². The van der Waals surface area contributed by atoms with Crippen molar-refractivity contribution in [2.75, 3.05) is 6.61 Å². The molecule has 94 valence electrons. The second-order valence-electron chi connectivity index (χ2n) is 2.95. The molecule has 0 aromatic carbocycles. The maximum absolute atomic E-state index is 12.7. The van der Waals surface area contributed by atoms with Gasteiger partial charge in [-0.2, -0.15) is 8.78 Å². The van der Waals surface area contributed by atoms with Gasteiger partial charge in [0.15, 0.2) is 0 Å². The van der Waals surface area contributed by atoms with Gasteiger partial charge in [0, 0.05) is 0 Å². The van der Waals surface area contributed by atoms with E-state index >= 15 is 0 Å². The molecule has 0 spiro atoms. The first-order valence-corrected chi connectivity index (χ1v) is 5.20. The minimum absolute atomic E-state index is 0.0298. The molecular formula is C9H7Cl2F2NO3. The molecule has 0 fully saturated rings. The summed E-state index contributed by atoms with van der Waals surface area (Å²) in [5, 5.41) is -4.21. The second kappa shape index (κ2) is 5.01. The molecule has 0 aliphatic carbocycles. The highest BCUT2D eigenvalue weighted by molar-refractivity contribution is 6.33. The zero-order valence-electron chi connectivity index (χ0n) is 8.52. The van der Waals surface area contributed by atoms with Crippen LogP contribution in [0, 0.1) is 0 Å². The summed E-state index contributed by atoms with van der Waals surface area (Å²) in [6.07, 6.45) is 0. The lowest BCUT2D eigenvalue weighted by molar-refractivity contribution is 0.0522. The Kier molecular flexibility index (Phi) is 4.11. The average molecular weight is 286 g/mol. The summed E-state index contributed by atoms with van der Waals surface area (Å²) in [7, 11) is 0. The Balaban J connectivity index is 3.30. The molecule has 1 aromatic rings. The molecule has 0 atom stereocenters. The van der Waals surface area contributed by atoms with Crippen LogP contribution >= 0.6 is 23.2 Å². The number of pyridine rings is 1. The standard InChI is InChI=1S/C9H7Cl2F2NO3/c1-2-17-8(16)6-4(10)3-5(9(11,12)13)14-7(6)15/h3H,2H2,1H3,(H,14,15). The first kappa shape index (κ1) is 13.9. The molecule has 0 radical (unpaired) electrons. The second-order valence-corrected chi connectivity index (χ2v) is 3.84. The summed E-state index contributed by atoms with van der Waals surface area (Å²) >= 11 is 10.3. The van der Waals surface area contributed by atoms with Gasteiger partial charge in [-0.05, 0) is 24.6 Å². The van der Waals surface area contributed by atoms with Crippen molar-refractivity contribution in [2.45, 2.75) is 12.3 Å².